The number of rotatable bonds is 2. The molecule has 0 amide bonds. The van der Waals surface area contributed by atoms with E-state index >= 15 is 0 Å². The molecule has 0 aliphatic rings. The quantitative estimate of drug-likeness (QED) is 0.835. The van der Waals surface area contributed by atoms with Crippen LogP contribution in [0.4, 0.5) is 0 Å². The van der Waals surface area contributed by atoms with Crippen LogP contribution in [0.15, 0.2) is 35.1 Å². The van der Waals surface area contributed by atoms with Crippen LogP contribution < -0.4 is 0 Å². The van der Waals surface area contributed by atoms with Crippen molar-refractivity contribution >= 4 is 15.9 Å². The van der Waals surface area contributed by atoms with Gasteiger partial charge in [0.2, 0.25) is 0 Å². The molecule has 0 atom stereocenters. The summed E-state index contributed by atoms with van der Waals surface area (Å²) in [6.45, 7) is 4.19. The number of aromatic nitrogens is 3. The van der Waals surface area contributed by atoms with Crippen LogP contribution in [0.25, 0.3) is 11.4 Å². The molecule has 0 N–H and O–H groups in total. The molecular formula is C11H12BrN3. The van der Waals surface area contributed by atoms with Crippen LogP contribution >= 0.6 is 15.9 Å². The van der Waals surface area contributed by atoms with Crippen molar-refractivity contribution in [2.24, 2.45) is 0 Å². The Balaban J connectivity index is 2.45. The first-order chi connectivity index (χ1) is 7.18. The summed E-state index contributed by atoms with van der Waals surface area (Å²) in [5, 5.41) is 4.21. The summed E-state index contributed by atoms with van der Waals surface area (Å²) in [4.78, 5) is 4.27. The summed E-state index contributed by atoms with van der Waals surface area (Å²) < 4.78 is 2.99. The Morgan fingerprint density at radius 3 is 2.47 bits per heavy atom. The topological polar surface area (TPSA) is 30.7 Å². The Kier molecular flexibility index (Phi) is 2.86. The first-order valence-electron chi connectivity index (χ1n) is 4.84. The number of hydrogen-bond acceptors (Lipinski definition) is 2. The molecule has 0 saturated heterocycles. The SMILES string of the molecule is CC(C)n1ncnc1-c1ccc(Br)cc1. The predicted molar refractivity (Wildman–Crippen MR) is 63.5 cm³/mol. The van der Waals surface area contributed by atoms with Crippen molar-refractivity contribution in [3.05, 3.63) is 35.1 Å². The Labute approximate surface area is 97.3 Å². The minimum atomic E-state index is 0.325. The van der Waals surface area contributed by atoms with Crippen molar-refractivity contribution < 1.29 is 0 Å². The second-order valence-corrected chi connectivity index (χ2v) is 4.54. The molecule has 0 radical (unpaired) electrons. The summed E-state index contributed by atoms with van der Waals surface area (Å²) in [5.41, 5.74) is 1.09. The lowest BCUT2D eigenvalue weighted by Gasteiger charge is -2.09. The van der Waals surface area contributed by atoms with E-state index in [0.29, 0.717) is 6.04 Å². The third kappa shape index (κ3) is 2.09. The molecule has 0 aliphatic carbocycles. The van der Waals surface area contributed by atoms with E-state index in [0.717, 1.165) is 15.9 Å². The molecule has 78 valence electrons. The first-order valence-corrected chi connectivity index (χ1v) is 5.63. The minimum absolute atomic E-state index is 0.325. The van der Waals surface area contributed by atoms with Gasteiger partial charge in [0.05, 0.1) is 0 Å². The zero-order valence-corrected chi connectivity index (χ0v) is 10.3. The van der Waals surface area contributed by atoms with E-state index in [1.54, 1.807) is 6.33 Å². The number of benzene rings is 1. The summed E-state index contributed by atoms with van der Waals surface area (Å²) in [7, 11) is 0. The summed E-state index contributed by atoms with van der Waals surface area (Å²) >= 11 is 3.41. The second kappa shape index (κ2) is 4.14. The largest absolute Gasteiger partial charge is 0.243 e. The Bertz CT molecular complexity index is 445. The van der Waals surface area contributed by atoms with Crippen molar-refractivity contribution in [3.63, 3.8) is 0 Å². The Morgan fingerprint density at radius 2 is 1.87 bits per heavy atom. The standard InChI is InChI=1S/C11H12BrN3/c1-8(2)15-11(13-7-14-15)9-3-5-10(12)6-4-9/h3-8H,1-2H3. The Morgan fingerprint density at radius 1 is 1.20 bits per heavy atom. The van der Waals surface area contributed by atoms with Gasteiger partial charge in [-0.15, -0.1) is 0 Å². The van der Waals surface area contributed by atoms with Crippen molar-refractivity contribution in [3.8, 4) is 11.4 Å². The highest BCUT2D eigenvalue weighted by Crippen LogP contribution is 2.21. The van der Waals surface area contributed by atoms with Crippen molar-refractivity contribution in [1.82, 2.24) is 14.8 Å². The van der Waals surface area contributed by atoms with Gasteiger partial charge in [-0.05, 0) is 26.0 Å². The first kappa shape index (κ1) is 10.4. The van der Waals surface area contributed by atoms with E-state index < -0.39 is 0 Å². The van der Waals surface area contributed by atoms with Crippen LogP contribution in [0.1, 0.15) is 19.9 Å². The van der Waals surface area contributed by atoms with Crippen LogP contribution in [-0.2, 0) is 0 Å². The van der Waals surface area contributed by atoms with Crippen LogP contribution in [-0.4, -0.2) is 14.8 Å². The molecule has 4 heteroatoms. The molecule has 15 heavy (non-hydrogen) atoms. The van der Waals surface area contributed by atoms with E-state index in [4.69, 9.17) is 0 Å². The van der Waals surface area contributed by atoms with Gasteiger partial charge in [0, 0.05) is 16.1 Å². The van der Waals surface area contributed by atoms with E-state index in [2.05, 4.69) is 39.9 Å². The lowest BCUT2D eigenvalue weighted by Crippen LogP contribution is -2.04. The lowest BCUT2D eigenvalue weighted by atomic mass is 10.2. The molecule has 1 aromatic carbocycles. The third-order valence-corrected chi connectivity index (χ3v) is 2.69. The van der Waals surface area contributed by atoms with Crippen molar-refractivity contribution in [2.75, 3.05) is 0 Å². The van der Waals surface area contributed by atoms with Gasteiger partial charge < -0.3 is 0 Å². The zero-order valence-electron chi connectivity index (χ0n) is 8.68. The average molecular weight is 266 g/mol. The molecule has 2 aromatic rings. The van der Waals surface area contributed by atoms with E-state index in [1.165, 1.54) is 0 Å². The normalized spacial score (nSPS) is 10.9. The highest BCUT2D eigenvalue weighted by molar-refractivity contribution is 9.10. The molecular weight excluding hydrogens is 254 g/mol. The molecule has 1 heterocycles. The maximum Gasteiger partial charge on any atom is 0.158 e. The molecule has 0 unspecified atom stereocenters. The fourth-order valence-electron chi connectivity index (χ4n) is 1.43. The lowest BCUT2D eigenvalue weighted by molar-refractivity contribution is 0.537. The van der Waals surface area contributed by atoms with Gasteiger partial charge in [-0.25, -0.2) is 9.67 Å². The van der Waals surface area contributed by atoms with Crippen LogP contribution in [0.3, 0.4) is 0 Å². The van der Waals surface area contributed by atoms with Crippen LogP contribution in [0.2, 0.25) is 0 Å². The van der Waals surface area contributed by atoms with Gasteiger partial charge in [-0.3, -0.25) is 0 Å². The van der Waals surface area contributed by atoms with Gasteiger partial charge in [0.15, 0.2) is 5.82 Å². The van der Waals surface area contributed by atoms with Gasteiger partial charge in [-0.2, -0.15) is 5.10 Å². The van der Waals surface area contributed by atoms with E-state index in [9.17, 15) is 0 Å². The molecule has 0 aliphatic heterocycles. The molecule has 3 nitrogen and oxygen atoms in total. The number of hydrogen-bond donors (Lipinski definition) is 0. The maximum atomic E-state index is 4.27. The summed E-state index contributed by atoms with van der Waals surface area (Å²) in [6, 6.07) is 8.41. The molecule has 0 bridgehead atoms. The average Bonchev–Trinajstić information content (AvgIpc) is 2.67. The monoisotopic (exact) mass is 265 g/mol. The molecule has 0 spiro atoms. The summed E-state index contributed by atoms with van der Waals surface area (Å²) in [5.74, 6) is 0.914. The fourth-order valence-corrected chi connectivity index (χ4v) is 1.70. The molecule has 0 fully saturated rings. The molecule has 2 rings (SSSR count). The van der Waals surface area contributed by atoms with Crippen molar-refractivity contribution in [2.45, 2.75) is 19.9 Å². The fraction of sp³-hybridized carbons (Fsp3) is 0.273. The smallest absolute Gasteiger partial charge is 0.158 e. The summed E-state index contributed by atoms with van der Waals surface area (Å²) in [6.07, 6.45) is 1.59. The van der Waals surface area contributed by atoms with Gasteiger partial charge in [-0.1, -0.05) is 28.1 Å². The van der Waals surface area contributed by atoms with Crippen molar-refractivity contribution in [1.29, 1.82) is 0 Å². The van der Waals surface area contributed by atoms with E-state index in [1.807, 2.05) is 28.9 Å². The van der Waals surface area contributed by atoms with E-state index in [-0.39, 0.29) is 0 Å². The second-order valence-electron chi connectivity index (χ2n) is 3.63. The van der Waals surface area contributed by atoms with Gasteiger partial charge >= 0.3 is 0 Å². The van der Waals surface area contributed by atoms with Crippen LogP contribution in [0, 0.1) is 0 Å². The molecule has 0 saturated carbocycles. The Hall–Kier alpha value is -1.16. The minimum Gasteiger partial charge on any atom is -0.243 e. The third-order valence-electron chi connectivity index (χ3n) is 2.16. The predicted octanol–water partition coefficient (Wildman–Crippen LogP) is 3.29. The number of nitrogens with zero attached hydrogens (tertiary/aromatic N) is 3. The van der Waals surface area contributed by atoms with Gasteiger partial charge in [0.1, 0.15) is 6.33 Å². The highest BCUT2D eigenvalue weighted by atomic mass is 79.9. The van der Waals surface area contributed by atoms with Crippen LogP contribution in [0.5, 0.6) is 0 Å². The molecule has 1 aromatic heterocycles. The highest BCUT2D eigenvalue weighted by Gasteiger charge is 2.09. The van der Waals surface area contributed by atoms with Gasteiger partial charge in [0.25, 0.3) is 0 Å². The number of halogens is 1. The maximum absolute atomic E-state index is 4.27. The zero-order chi connectivity index (χ0) is 10.8.